The number of carbonyl (C=O) groups excluding carboxylic acids is 2. The maximum absolute atomic E-state index is 13.0. The van der Waals surface area contributed by atoms with Crippen molar-refractivity contribution in [2.24, 2.45) is 0 Å². The fourth-order valence-corrected chi connectivity index (χ4v) is 4.15. The number of methoxy groups -OCH3 is 1. The van der Waals surface area contributed by atoms with E-state index < -0.39 is 17.7 Å². The summed E-state index contributed by atoms with van der Waals surface area (Å²) in [5.41, 5.74) is 2.03. The number of hydrogen-bond acceptors (Lipinski definition) is 6. The number of aliphatic hydroxyl groups excluding tert-OH is 1. The van der Waals surface area contributed by atoms with Crippen molar-refractivity contribution >= 4 is 17.4 Å². The highest BCUT2D eigenvalue weighted by molar-refractivity contribution is 6.46. The van der Waals surface area contributed by atoms with Gasteiger partial charge in [-0.15, -0.1) is 0 Å². The Morgan fingerprint density at radius 2 is 1.94 bits per heavy atom. The van der Waals surface area contributed by atoms with Crippen molar-refractivity contribution < 1.29 is 29.3 Å². The molecule has 0 radical (unpaired) electrons. The van der Waals surface area contributed by atoms with Crippen LogP contribution in [0.2, 0.25) is 0 Å². The monoisotopic (exact) mass is 423 g/mol. The first-order valence-corrected chi connectivity index (χ1v) is 10.2. The zero-order chi connectivity index (χ0) is 22.1. The lowest BCUT2D eigenvalue weighted by Crippen LogP contribution is -2.36. The maximum Gasteiger partial charge on any atom is 0.295 e. The number of hydrogen-bond donors (Lipinski definition) is 2. The molecule has 2 aliphatic heterocycles. The molecular weight excluding hydrogens is 398 g/mol. The molecule has 0 bridgehead atoms. The fraction of sp³-hybridized carbons (Fsp3) is 0.333. The summed E-state index contributed by atoms with van der Waals surface area (Å²) in [5.74, 6) is -1.49. The summed E-state index contributed by atoms with van der Waals surface area (Å²) in [7, 11) is 1.43. The molecule has 2 heterocycles. The first-order chi connectivity index (χ1) is 14.9. The van der Waals surface area contributed by atoms with E-state index in [1.54, 1.807) is 24.3 Å². The van der Waals surface area contributed by atoms with Crippen LogP contribution in [0.25, 0.3) is 5.76 Å². The second-order valence-electron chi connectivity index (χ2n) is 7.88. The fourth-order valence-electron chi connectivity index (χ4n) is 4.15. The van der Waals surface area contributed by atoms with Crippen LogP contribution < -0.4 is 4.74 Å². The summed E-state index contributed by atoms with van der Waals surface area (Å²) in [6.07, 6.45) is 1.53. The molecule has 2 unspecified atom stereocenters. The first-order valence-electron chi connectivity index (χ1n) is 10.2. The van der Waals surface area contributed by atoms with Gasteiger partial charge in [0.25, 0.3) is 11.7 Å². The Kier molecular flexibility index (Phi) is 5.69. The van der Waals surface area contributed by atoms with Crippen molar-refractivity contribution in [3.8, 4) is 11.5 Å². The van der Waals surface area contributed by atoms with Gasteiger partial charge in [0.1, 0.15) is 5.76 Å². The second-order valence-corrected chi connectivity index (χ2v) is 7.88. The van der Waals surface area contributed by atoms with Crippen LogP contribution in [0, 0.1) is 6.92 Å². The highest BCUT2D eigenvalue weighted by Gasteiger charge is 2.47. The summed E-state index contributed by atoms with van der Waals surface area (Å²) in [5, 5.41) is 21.1. The minimum atomic E-state index is -0.819. The van der Waals surface area contributed by atoms with E-state index in [1.807, 2.05) is 19.1 Å². The number of ketones is 1. The molecule has 162 valence electrons. The molecule has 2 saturated heterocycles. The molecule has 2 fully saturated rings. The van der Waals surface area contributed by atoms with Crippen molar-refractivity contribution in [2.75, 3.05) is 20.3 Å². The number of amides is 1. The molecule has 31 heavy (non-hydrogen) atoms. The Labute approximate surface area is 180 Å². The van der Waals surface area contributed by atoms with Gasteiger partial charge in [-0.3, -0.25) is 9.59 Å². The number of ether oxygens (including phenoxy) is 2. The summed E-state index contributed by atoms with van der Waals surface area (Å²) >= 11 is 0. The van der Waals surface area contributed by atoms with E-state index in [2.05, 4.69) is 0 Å². The molecule has 4 rings (SSSR count). The van der Waals surface area contributed by atoms with Crippen LogP contribution in [0.4, 0.5) is 0 Å². The average Bonchev–Trinajstić information content (AvgIpc) is 3.37. The summed E-state index contributed by atoms with van der Waals surface area (Å²) < 4.78 is 10.9. The van der Waals surface area contributed by atoms with Crippen LogP contribution >= 0.6 is 0 Å². The minimum Gasteiger partial charge on any atom is -0.507 e. The molecule has 2 aliphatic rings. The van der Waals surface area contributed by atoms with Crippen LogP contribution in [0.15, 0.2) is 48.0 Å². The number of nitrogens with zero attached hydrogens (tertiary/aromatic N) is 1. The lowest BCUT2D eigenvalue weighted by atomic mass is 9.94. The zero-order valence-corrected chi connectivity index (χ0v) is 17.5. The van der Waals surface area contributed by atoms with Crippen LogP contribution in [-0.2, 0) is 14.3 Å². The third-order valence-electron chi connectivity index (χ3n) is 5.81. The van der Waals surface area contributed by atoms with Gasteiger partial charge >= 0.3 is 0 Å². The number of rotatable bonds is 5. The van der Waals surface area contributed by atoms with Crippen molar-refractivity contribution in [1.29, 1.82) is 0 Å². The van der Waals surface area contributed by atoms with Gasteiger partial charge in [-0.1, -0.05) is 35.9 Å². The molecule has 1 amide bonds. The lowest BCUT2D eigenvalue weighted by Gasteiger charge is -2.27. The van der Waals surface area contributed by atoms with Gasteiger partial charge in [0.2, 0.25) is 0 Å². The first kappa shape index (κ1) is 20.9. The Bertz CT molecular complexity index is 1040. The number of aromatic hydroxyl groups is 1. The molecule has 7 nitrogen and oxygen atoms in total. The van der Waals surface area contributed by atoms with E-state index in [4.69, 9.17) is 9.47 Å². The highest BCUT2D eigenvalue weighted by atomic mass is 16.5. The van der Waals surface area contributed by atoms with Gasteiger partial charge in [-0.2, -0.15) is 0 Å². The standard InChI is InChI=1S/C24H25NO6/c1-14-5-7-15(8-6-14)22(27)20-21(16-9-10-18(26)19(12-16)30-2)25(24(29)23(20)28)13-17-4-3-11-31-17/h5-10,12,17,21,26-27H,3-4,11,13H2,1-2H3/b22-20+. The molecule has 0 aliphatic carbocycles. The van der Waals surface area contributed by atoms with Crippen molar-refractivity contribution in [3.05, 3.63) is 64.7 Å². The molecular formula is C24H25NO6. The number of phenols is 1. The maximum atomic E-state index is 13.0. The molecule has 7 heteroatoms. The molecule has 2 atom stereocenters. The van der Waals surface area contributed by atoms with Crippen LogP contribution in [-0.4, -0.2) is 53.2 Å². The number of phenolic OH excluding ortho intramolecular Hbond substituents is 1. The summed E-state index contributed by atoms with van der Waals surface area (Å²) in [6.45, 7) is 2.78. The van der Waals surface area contributed by atoms with Gasteiger partial charge in [-0.25, -0.2) is 0 Å². The van der Waals surface area contributed by atoms with E-state index in [0.717, 1.165) is 18.4 Å². The van der Waals surface area contributed by atoms with Crippen LogP contribution in [0.3, 0.4) is 0 Å². The number of aryl methyl sites for hydroxylation is 1. The molecule has 0 spiro atoms. The van der Waals surface area contributed by atoms with E-state index in [0.29, 0.717) is 17.7 Å². The topological polar surface area (TPSA) is 96.3 Å². The third kappa shape index (κ3) is 3.88. The quantitative estimate of drug-likeness (QED) is 0.435. The van der Waals surface area contributed by atoms with Crippen LogP contribution in [0.1, 0.15) is 35.6 Å². The smallest absolute Gasteiger partial charge is 0.295 e. The lowest BCUT2D eigenvalue weighted by molar-refractivity contribution is -0.140. The Hall–Kier alpha value is -3.32. The van der Waals surface area contributed by atoms with Crippen molar-refractivity contribution in [2.45, 2.75) is 31.9 Å². The van der Waals surface area contributed by atoms with Gasteiger partial charge in [0.15, 0.2) is 11.5 Å². The molecule has 2 N–H and O–H groups in total. The zero-order valence-electron chi connectivity index (χ0n) is 17.5. The van der Waals surface area contributed by atoms with Gasteiger partial charge < -0.3 is 24.6 Å². The van der Waals surface area contributed by atoms with E-state index >= 15 is 0 Å². The van der Waals surface area contributed by atoms with E-state index in [-0.39, 0.29) is 35.5 Å². The normalized spacial score (nSPS) is 22.8. The summed E-state index contributed by atoms with van der Waals surface area (Å²) in [6, 6.07) is 10.9. The van der Waals surface area contributed by atoms with Gasteiger partial charge in [0, 0.05) is 18.7 Å². The molecule has 0 aromatic heterocycles. The minimum absolute atomic E-state index is 0.0135. The number of carbonyl (C=O) groups is 2. The summed E-state index contributed by atoms with van der Waals surface area (Å²) in [4.78, 5) is 27.5. The number of Topliss-reactive ketones (excluding diaryl/α,β-unsaturated/α-hetero) is 1. The number of aliphatic hydroxyl groups is 1. The van der Waals surface area contributed by atoms with Crippen LogP contribution in [0.5, 0.6) is 11.5 Å². The molecule has 2 aromatic carbocycles. The van der Waals surface area contributed by atoms with Gasteiger partial charge in [0.05, 0.1) is 24.8 Å². The predicted molar refractivity (Wildman–Crippen MR) is 114 cm³/mol. The number of likely N-dealkylation sites (tertiary alicyclic amines) is 1. The average molecular weight is 423 g/mol. The molecule has 2 aromatic rings. The largest absolute Gasteiger partial charge is 0.507 e. The Morgan fingerprint density at radius 3 is 2.58 bits per heavy atom. The predicted octanol–water partition coefficient (Wildman–Crippen LogP) is 3.31. The molecule has 0 saturated carbocycles. The second kappa shape index (κ2) is 8.43. The van der Waals surface area contributed by atoms with Crippen molar-refractivity contribution in [1.82, 2.24) is 4.90 Å². The van der Waals surface area contributed by atoms with Gasteiger partial charge in [-0.05, 0) is 37.5 Å². The Balaban J connectivity index is 1.85. The number of benzene rings is 2. The third-order valence-corrected chi connectivity index (χ3v) is 5.81. The van der Waals surface area contributed by atoms with E-state index in [1.165, 1.54) is 18.1 Å². The highest BCUT2D eigenvalue weighted by Crippen LogP contribution is 2.42. The van der Waals surface area contributed by atoms with Crippen molar-refractivity contribution in [3.63, 3.8) is 0 Å². The SMILES string of the molecule is COc1cc(C2/C(=C(\O)c3ccc(C)cc3)C(=O)C(=O)N2CC2CCCO2)ccc1O. The Morgan fingerprint density at radius 1 is 1.19 bits per heavy atom. The van der Waals surface area contributed by atoms with E-state index in [9.17, 15) is 19.8 Å².